The van der Waals surface area contributed by atoms with E-state index < -0.39 is 5.97 Å². The maximum absolute atomic E-state index is 10.9. The first-order valence-corrected chi connectivity index (χ1v) is 6.87. The van der Waals surface area contributed by atoms with Crippen molar-refractivity contribution in [2.75, 3.05) is 0 Å². The minimum absolute atomic E-state index is 0.249. The number of nitrogens with zero attached hydrogens (tertiary/aromatic N) is 2. The van der Waals surface area contributed by atoms with Gasteiger partial charge in [-0.25, -0.2) is 14.8 Å². The van der Waals surface area contributed by atoms with Gasteiger partial charge in [-0.3, -0.25) is 0 Å². The average Bonchev–Trinajstić information content (AvgIpc) is 2.55. The standard InChI is InChI=1S/C18H14N2O2/c1-12-3-2-4-15(11-12)16-9-10-19-17(20-16)13-5-7-14(8-6-13)18(21)22/h2-11H,1H3,(H,21,22). The molecule has 0 saturated carbocycles. The number of carboxylic acid groups (broad SMARTS) is 1. The lowest BCUT2D eigenvalue weighted by Gasteiger charge is -2.05. The fraction of sp³-hybridized carbons (Fsp3) is 0.0556. The highest BCUT2D eigenvalue weighted by Crippen LogP contribution is 2.21. The summed E-state index contributed by atoms with van der Waals surface area (Å²) in [6.45, 7) is 2.04. The molecule has 1 N–H and O–H groups in total. The van der Waals surface area contributed by atoms with Crippen LogP contribution in [-0.2, 0) is 0 Å². The Bertz CT molecular complexity index is 827. The van der Waals surface area contributed by atoms with E-state index in [1.165, 1.54) is 5.56 Å². The highest BCUT2D eigenvalue weighted by atomic mass is 16.4. The van der Waals surface area contributed by atoms with Crippen molar-refractivity contribution in [1.29, 1.82) is 0 Å². The van der Waals surface area contributed by atoms with Gasteiger partial charge < -0.3 is 5.11 Å². The molecule has 3 aromatic rings. The Balaban J connectivity index is 1.99. The van der Waals surface area contributed by atoms with Crippen molar-refractivity contribution in [3.05, 3.63) is 71.9 Å². The summed E-state index contributed by atoms with van der Waals surface area (Å²) in [4.78, 5) is 19.7. The second kappa shape index (κ2) is 5.77. The Morgan fingerprint density at radius 1 is 1.00 bits per heavy atom. The second-order valence-corrected chi connectivity index (χ2v) is 5.02. The van der Waals surface area contributed by atoms with Gasteiger partial charge in [-0.1, -0.05) is 35.9 Å². The molecule has 0 bridgehead atoms. The summed E-state index contributed by atoms with van der Waals surface area (Å²) >= 11 is 0. The van der Waals surface area contributed by atoms with Crippen LogP contribution < -0.4 is 0 Å². The third-order valence-electron chi connectivity index (χ3n) is 3.36. The number of carbonyl (C=O) groups is 1. The number of aromatic nitrogens is 2. The molecule has 0 aliphatic carbocycles. The number of carboxylic acids is 1. The summed E-state index contributed by atoms with van der Waals surface area (Å²) in [5, 5.41) is 8.93. The van der Waals surface area contributed by atoms with Crippen molar-refractivity contribution in [3.63, 3.8) is 0 Å². The molecule has 3 rings (SSSR count). The molecule has 22 heavy (non-hydrogen) atoms. The van der Waals surface area contributed by atoms with Crippen molar-refractivity contribution in [2.45, 2.75) is 6.92 Å². The highest BCUT2D eigenvalue weighted by molar-refractivity contribution is 5.88. The van der Waals surface area contributed by atoms with E-state index in [9.17, 15) is 4.79 Å². The van der Waals surface area contributed by atoms with Crippen molar-refractivity contribution < 1.29 is 9.90 Å². The van der Waals surface area contributed by atoms with Gasteiger partial charge in [-0.2, -0.15) is 0 Å². The molecular formula is C18H14N2O2. The Kier molecular flexibility index (Phi) is 3.66. The number of hydrogen-bond acceptors (Lipinski definition) is 3. The van der Waals surface area contributed by atoms with Gasteiger partial charge in [0.25, 0.3) is 0 Å². The van der Waals surface area contributed by atoms with E-state index in [-0.39, 0.29) is 5.56 Å². The molecule has 0 atom stereocenters. The lowest BCUT2D eigenvalue weighted by atomic mass is 10.1. The Morgan fingerprint density at radius 2 is 1.77 bits per heavy atom. The number of aromatic carboxylic acids is 1. The van der Waals surface area contributed by atoms with Crippen LogP contribution in [0, 0.1) is 6.92 Å². The smallest absolute Gasteiger partial charge is 0.335 e. The molecule has 0 saturated heterocycles. The zero-order valence-electron chi connectivity index (χ0n) is 12.0. The molecule has 1 aromatic heterocycles. The molecule has 0 amide bonds. The van der Waals surface area contributed by atoms with Crippen molar-refractivity contribution >= 4 is 5.97 Å². The predicted octanol–water partition coefficient (Wildman–Crippen LogP) is 3.82. The molecule has 0 radical (unpaired) electrons. The molecule has 0 aliphatic rings. The Morgan fingerprint density at radius 3 is 2.45 bits per heavy atom. The SMILES string of the molecule is Cc1cccc(-c2ccnc(-c3ccc(C(=O)O)cc3)n2)c1. The second-order valence-electron chi connectivity index (χ2n) is 5.02. The maximum Gasteiger partial charge on any atom is 0.335 e. The molecule has 0 fully saturated rings. The van der Waals surface area contributed by atoms with Gasteiger partial charge in [0.15, 0.2) is 5.82 Å². The zero-order chi connectivity index (χ0) is 15.5. The van der Waals surface area contributed by atoms with Crippen LogP contribution in [0.4, 0.5) is 0 Å². The monoisotopic (exact) mass is 290 g/mol. The molecule has 0 spiro atoms. The number of benzene rings is 2. The number of rotatable bonds is 3. The van der Waals surface area contributed by atoms with Gasteiger partial charge in [-0.15, -0.1) is 0 Å². The van der Waals surface area contributed by atoms with E-state index >= 15 is 0 Å². The maximum atomic E-state index is 10.9. The van der Waals surface area contributed by atoms with E-state index in [0.717, 1.165) is 16.8 Å². The van der Waals surface area contributed by atoms with Crippen LogP contribution in [0.3, 0.4) is 0 Å². The molecular weight excluding hydrogens is 276 g/mol. The quantitative estimate of drug-likeness (QED) is 0.796. The van der Waals surface area contributed by atoms with Crippen LogP contribution in [0.2, 0.25) is 0 Å². The lowest BCUT2D eigenvalue weighted by Crippen LogP contribution is -1.96. The average molecular weight is 290 g/mol. The zero-order valence-corrected chi connectivity index (χ0v) is 12.0. The summed E-state index contributed by atoms with van der Waals surface area (Å²) in [5.74, 6) is -0.364. The topological polar surface area (TPSA) is 63.1 Å². The summed E-state index contributed by atoms with van der Waals surface area (Å²) in [5.41, 5.74) is 4.09. The first-order chi connectivity index (χ1) is 10.6. The van der Waals surface area contributed by atoms with Crippen molar-refractivity contribution in [1.82, 2.24) is 9.97 Å². The largest absolute Gasteiger partial charge is 0.478 e. The summed E-state index contributed by atoms with van der Waals surface area (Å²) in [6.07, 6.45) is 1.71. The Labute approximate surface area is 128 Å². The minimum Gasteiger partial charge on any atom is -0.478 e. The summed E-state index contributed by atoms with van der Waals surface area (Å²) < 4.78 is 0. The normalized spacial score (nSPS) is 10.4. The van der Waals surface area contributed by atoms with Crippen LogP contribution in [0.25, 0.3) is 22.6 Å². The first kappa shape index (κ1) is 13.9. The highest BCUT2D eigenvalue weighted by Gasteiger charge is 2.07. The molecule has 108 valence electrons. The van der Waals surface area contributed by atoms with E-state index in [1.54, 1.807) is 30.5 Å². The fourth-order valence-electron chi connectivity index (χ4n) is 2.22. The van der Waals surface area contributed by atoms with E-state index in [1.807, 2.05) is 31.2 Å². The van der Waals surface area contributed by atoms with E-state index in [4.69, 9.17) is 5.11 Å². The van der Waals surface area contributed by atoms with Crippen LogP contribution in [0.5, 0.6) is 0 Å². The third kappa shape index (κ3) is 2.86. The molecule has 4 heteroatoms. The van der Waals surface area contributed by atoms with Crippen molar-refractivity contribution in [2.24, 2.45) is 0 Å². The number of aryl methyl sites for hydroxylation is 1. The van der Waals surface area contributed by atoms with Gasteiger partial charge in [0.1, 0.15) is 0 Å². The molecule has 1 heterocycles. The van der Waals surface area contributed by atoms with Gasteiger partial charge >= 0.3 is 5.97 Å². The molecule has 4 nitrogen and oxygen atoms in total. The van der Waals surface area contributed by atoms with E-state index in [0.29, 0.717) is 5.82 Å². The van der Waals surface area contributed by atoms with Crippen LogP contribution >= 0.6 is 0 Å². The van der Waals surface area contributed by atoms with Gasteiger partial charge in [0.2, 0.25) is 0 Å². The van der Waals surface area contributed by atoms with Crippen LogP contribution in [-0.4, -0.2) is 21.0 Å². The lowest BCUT2D eigenvalue weighted by molar-refractivity contribution is 0.0697. The van der Waals surface area contributed by atoms with E-state index in [2.05, 4.69) is 16.0 Å². The minimum atomic E-state index is -0.944. The molecule has 0 unspecified atom stereocenters. The van der Waals surface area contributed by atoms with Crippen molar-refractivity contribution in [3.8, 4) is 22.6 Å². The van der Waals surface area contributed by atoms with Gasteiger partial charge in [0, 0.05) is 17.3 Å². The third-order valence-corrected chi connectivity index (χ3v) is 3.36. The summed E-state index contributed by atoms with van der Waals surface area (Å²) in [6, 6.07) is 16.5. The van der Waals surface area contributed by atoms with Gasteiger partial charge in [-0.05, 0) is 31.2 Å². The Hall–Kier alpha value is -3.01. The summed E-state index contributed by atoms with van der Waals surface area (Å²) in [7, 11) is 0. The van der Waals surface area contributed by atoms with Crippen LogP contribution in [0.1, 0.15) is 15.9 Å². The predicted molar refractivity (Wildman–Crippen MR) is 84.6 cm³/mol. The fourth-order valence-corrected chi connectivity index (χ4v) is 2.22. The molecule has 0 aliphatic heterocycles. The van der Waals surface area contributed by atoms with Gasteiger partial charge in [0.05, 0.1) is 11.3 Å². The van der Waals surface area contributed by atoms with Crippen LogP contribution in [0.15, 0.2) is 60.8 Å². The first-order valence-electron chi connectivity index (χ1n) is 6.87. The number of hydrogen-bond donors (Lipinski definition) is 1. The molecule has 2 aromatic carbocycles.